The van der Waals surface area contributed by atoms with Crippen molar-refractivity contribution < 1.29 is 24.1 Å². The summed E-state index contributed by atoms with van der Waals surface area (Å²) in [5, 5.41) is 21.3. The minimum Gasteiger partial charge on any atom is -0.432 e. The molecule has 0 aliphatic rings. The second-order valence-electron chi connectivity index (χ2n) is 6.34. The van der Waals surface area contributed by atoms with Crippen molar-refractivity contribution in [3.05, 3.63) is 68.8 Å². The second kappa shape index (κ2) is 10.6. The summed E-state index contributed by atoms with van der Waals surface area (Å²) in [5.41, 5.74) is 1.51. The standard InChI is InChI=1S/C19H22N4O7/c1-20(15-3-7-17(8-4-15)22(25)26)11-13-29-19(24)30-14-12-21(2)16-5-9-18(10-6-16)23(27)28/h3-10H,11-14H2,1-2H3. The Kier molecular flexibility index (Phi) is 7.91. The van der Waals surface area contributed by atoms with Gasteiger partial charge in [-0.25, -0.2) is 4.79 Å². The Morgan fingerprint density at radius 2 is 1.10 bits per heavy atom. The summed E-state index contributed by atoms with van der Waals surface area (Å²) in [6.45, 7) is 0.945. The number of non-ortho nitro benzene ring substituents is 2. The predicted octanol–water partition coefficient (Wildman–Crippen LogP) is 3.23. The van der Waals surface area contributed by atoms with Crippen LogP contribution in [0.5, 0.6) is 0 Å². The molecule has 2 aromatic rings. The fraction of sp³-hybridized carbons (Fsp3) is 0.316. The van der Waals surface area contributed by atoms with Crippen molar-refractivity contribution >= 4 is 28.9 Å². The van der Waals surface area contributed by atoms with E-state index >= 15 is 0 Å². The maximum absolute atomic E-state index is 11.7. The Labute approximate surface area is 172 Å². The number of nitrogens with zero attached hydrogens (tertiary/aromatic N) is 4. The average Bonchev–Trinajstić information content (AvgIpc) is 2.73. The molecule has 0 radical (unpaired) electrons. The van der Waals surface area contributed by atoms with Crippen molar-refractivity contribution in [1.82, 2.24) is 0 Å². The third-order valence-electron chi connectivity index (χ3n) is 4.30. The van der Waals surface area contributed by atoms with Crippen LogP contribution in [0.4, 0.5) is 27.5 Å². The first-order valence-corrected chi connectivity index (χ1v) is 8.98. The van der Waals surface area contributed by atoms with E-state index in [0.717, 1.165) is 11.4 Å². The summed E-state index contributed by atoms with van der Waals surface area (Å²) >= 11 is 0. The van der Waals surface area contributed by atoms with Crippen LogP contribution in [-0.4, -0.2) is 56.4 Å². The molecule has 2 aromatic carbocycles. The van der Waals surface area contributed by atoms with Gasteiger partial charge in [0.1, 0.15) is 13.2 Å². The zero-order chi connectivity index (χ0) is 22.1. The first-order chi connectivity index (χ1) is 14.3. The number of hydrogen-bond acceptors (Lipinski definition) is 9. The minimum atomic E-state index is -0.802. The van der Waals surface area contributed by atoms with E-state index in [0.29, 0.717) is 13.1 Å². The Balaban J connectivity index is 1.67. The summed E-state index contributed by atoms with van der Waals surface area (Å²) in [7, 11) is 3.55. The van der Waals surface area contributed by atoms with E-state index in [1.807, 2.05) is 0 Å². The third kappa shape index (κ3) is 6.62. The van der Waals surface area contributed by atoms with E-state index in [4.69, 9.17) is 9.47 Å². The lowest BCUT2D eigenvalue weighted by Gasteiger charge is -2.20. The predicted molar refractivity (Wildman–Crippen MR) is 110 cm³/mol. The van der Waals surface area contributed by atoms with Gasteiger partial charge in [0, 0.05) is 49.7 Å². The molecular formula is C19H22N4O7. The smallest absolute Gasteiger partial charge is 0.432 e. The number of anilines is 2. The van der Waals surface area contributed by atoms with Crippen LogP contribution >= 0.6 is 0 Å². The van der Waals surface area contributed by atoms with Gasteiger partial charge >= 0.3 is 6.16 Å². The number of benzene rings is 2. The van der Waals surface area contributed by atoms with E-state index in [2.05, 4.69) is 0 Å². The van der Waals surface area contributed by atoms with E-state index in [9.17, 15) is 25.0 Å². The maximum atomic E-state index is 11.7. The zero-order valence-corrected chi connectivity index (χ0v) is 16.6. The molecule has 0 aromatic heterocycles. The van der Waals surface area contributed by atoms with Gasteiger partial charge in [0.25, 0.3) is 11.4 Å². The highest BCUT2D eigenvalue weighted by atomic mass is 16.7. The highest BCUT2D eigenvalue weighted by Gasteiger charge is 2.10. The zero-order valence-electron chi connectivity index (χ0n) is 16.6. The molecule has 0 saturated heterocycles. The molecule has 0 spiro atoms. The number of hydrogen-bond donors (Lipinski definition) is 0. The number of likely N-dealkylation sites (N-methyl/N-ethyl adjacent to an activating group) is 2. The van der Waals surface area contributed by atoms with E-state index < -0.39 is 16.0 Å². The first kappa shape index (κ1) is 22.4. The molecule has 0 aliphatic carbocycles. The van der Waals surface area contributed by atoms with Crippen molar-refractivity contribution in [2.75, 3.05) is 50.2 Å². The van der Waals surface area contributed by atoms with Crippen molar-refractivity contribution in [3.8, 4) is 0 Å². The van der Waals surface area contributed by atoms with E-state index in [1.165, 1.54) is 24.3 Å². The molecule has 11 nitrogen and oxygen atoms in total. The van der Waals surface area contributed by atoms with Crippen LogP contribution < -0.4 is 9.80 Å². The number of nitro groups is 2. The molecule has 160 valence electrons. The molecule has 0 amide bonds. The summed E-state index contributed by atoms with van der Waals surface area (Å²) in [5.74, 6) is 0. The third-order valence-corrected chi connectivity index (χ3v) is 4.30. The van der Waals surface area contributed by atoms with Gasteiger partial charge in [0.2, 0.25) is 0 Å². The van der Waals surface area contributed by atoms with Gasteiger partial charge in [-0.3, -0.25) is 20.2 Å². The lowest BCUT2D eigenvalue weighted by molar-refractivity contribution is -0.385. The normalized spacial score (nSPS) is 10.2. The molecule has 0 unspecified atom stereocenters. The molecule has 30 heavy (non-hydrogen) atoms. The number of rotatable bonds is 10. The monoisotopic (exact) mass is 418 g/mol. The van der Waals surface area contributed by atoms with E-state index in [1.54, 1.807) is 48.2 Å². The number of nitro benzene ring substituents is 2. The highest BCUT2D eigenvalue weighted by molar-refractivity contribution is 5.60. The molecule has 0 heterocycles. The highest BCUT2D eigenvalue weighted by Crippen LogP contribution is 2.19. The molecule has 0 aliphatic heterocycles. The van der Waals surface area contributed by atoms with Gasteiger partial charge in [0.05, 0.1) is 22.9 Å². The van der Waals surface area contributed by atoms with Crippen molar-refractivity contribution in [3.63, 3.8) is 0 Å². The van der Waals surface area contributed by atoms with Crippen LogP contribution in [0.3, 0.4) is 0 Å². The molecule has 0 saturated carbocycles. The van der Waals surface area contributed by atoms with E-state index in [-0.39, 0.29) is 24.6 Å². The Morgan fingerprint density at radius 3 is 1.40 bits per heavy atom. The molecule has 0 atom stereocenters. The van der Waals surface area contributed by atoms with Gasteiger partial charge in [-0.2, -0.15) is 0 Å². The lowest BCUT2D eigenvalue weighted by Crippen LogP contribution is -2.26. The molecule has 0 fully saturated rings. The topological polar surface area (TPSA) is 128 Å². The van der Waals surface area contributed by atoms with Gasteiger partial charge in [-0.05, 0) is 24.3 Å². The molecule has 11 heteroatoms. The van der Waals surface area contributed by atoms with Crippen LogP contribution in [0.1, 0.15) is 0 Å². The fourth-order valence-corrected chi connectivity index (χ4v) is 2.49. The Morgan fingerprint density at radius 1 is 0.767 bits per heavy atom. The number of carbonyl (C=O) groups excluding carboxylic acids is 1. The summed E-state index contributed by atoms with van der Waals surface area (Å²) < 4.78 is 10.0. The van der Waals surface area contributed by atoms with Crippen LogP contribution in [0.2, 0.25) is 0 Å². The van der Waals surface area contributed by atoms with Gasteiger partial charge in [-0.1, -0.05) is 0 Å². The summed E-state index contributed by atoms with van der Waals surface area (Å²) in [4.78, 5) is 35.7. The van der Waals surface area contributed by atoms with Crippen molar-refractivity contribution in [2.24, 2.45) is 0 Å². The number of ether oxygens (including phenoxy) is 2. The number of carbonyl (C=O) groups is 1. The molecule has 0 bridgehead atoms. The first-order valence-electron chi connectivity index (χ1n) is 8.98. The van der Waals surface area contributed by atoms with Crippen LogP contribution in [-0.2, 0) is 9.47 Å². The van der Waals surface area contributed by atoms with Crippen LogP contribution in [0, 0.1) is 20.2 Å². The second-order valence-corrected chi connectivity index (χ2v) is 6.34. The minimum absolute atomic E-state index is 0.00525. The quantitative estimate of drug-likeness (QED) is 0.324. The maximum Gasteiger partial charge on any atom is 0.508 e. The van der Waals surface area contributed by atoms with Gasteiger partial charge in [-0.15, -0.1) is 0 Å². The SMILES string of the molecule is CN(CCOC(=O)OCCN(C)c1ccc([N+](=O)[O-])cc1)c1ccc([N+](=O)[O-])cc1. The Bertz CT molecular complexity index is 800. The van der Waals surface area contributed by atoms with Crippen molar-refractivity contribution in [1.29, 1.82) is 0 Å². The lowest BCUT2D eigenvalue weighted by atomic mass is 10.2. The molecule has 0 N–H and O–H groups in total. The van der Waals surface area contributed by atoms with Crippen LogP contribution in [0.15, 0.2) is 48.5 Å². The average molecular weight is 418 g/mol. The summed E-state index contributed by atoms with van der Waals surface area (Å²) in [6.07, 6.45) is -0.802. The molecular weight excluding hydrogens is 396 g/mol. The Hall–Kier alpha value is -3.89. The van der Waals surface area contributed by atoms with Crippen LogP contribution in [0.25, 0.3) is 0 Å². The fourth-order valence-electron chi connectivity index (χ4n) is 2.49. The molecule has 2 rings (SSSR count). The van der Waals surface area contributed by atoms with Gasteiger partial charge < -0.3 is 19.3 Å². The largest absolute Gasteiger partial charge is 0.508 e. The summed E-state index contributed by atoms with van der Waals surface area (Å²) in [6, 6.07) is 12.1. The van der Waals surface area contributed by atoms with Crippen molar-refractivity contribution in [2.45, 2.75) is 0 Å². The van der Waals surface area contributed by atoms with Gasteiger partial charge in [0.15, 0.2) is 0 Å².